The van der Waals surface area contributed by atoms with Crippen LogP contribution in [0.2, 0.25) is 0 Å². The number of rotatable bonds is 6. The minimum Gasteiger partial charge on any atom is -0.481 e. The lowest BCUT2D eigenvalue weighted by Crippen LogP contribution is -2.26. The van der Waals surface area contributed by atoms with Gasteiger partial charge in [-0.15, -0.1) is 0 Å². The smallest absolute Gasteiger partial charge is 0.304 e. The lowest BCUT2D eigenvalue weighted by Gasteiger charge is -2.07. The number of hydrogen-bond donors (Lipinski definition) is 3. The molecule has 1 heterocycles. The molecule has 6 nitrogen and oxygen atoms in total. The molecule has 0 saturated carbocycles. The standard InChI is InChI=1S/C17H15FN2O4S/c18-12-3-6-14-15(10-19-16(14)9-12)11-1-4-13(5-2-11)25(23,24)20-8-7-17(21)22/h1-6,9-10,19-20H,7-8H2,(H,21,22). The average Bonchev–Trinajstić information content (AvgIpc) is 2.97. The number of aromatic amines is 1. The van der Waals surface area contributed by atoms with E-state index in [0.29, 0.717) is 5.52 Å². The molecule has 0 bridgehead atoms. The molecule has 0 fully saturated rings. The fourth-order valence-corrected chi connectivity index (χ4v) is 3.56. The van der Waals surface area contributed by atoms with Gasteiger partial charge in [0.1, 0.15) is 5.82 Å². The van der Waals surface area contributed by atoms with Crippen LogP contribution >= 0.6 is 0 Å². The summed E-state index contributed by atoms with van der Waals surface area (Å²) in [5, 5.41) is 9.40. The van der Waals surface area contributed by atoms with Crippen molar-refractivity contribution in [2.75, 3.05) is 6.54 Å². The van der Waals surface area contributed by atoms with Crippen LogP contribution in [0.1, 0.15) is 6.42 Å². The van der Waals surface area contributed by atoms with Gasteiger partial charge in [-0.3, -0.25) is 4.79 Å². The van der Waals surface area contributed by atoms with Gasteiger partial charge in [-0.2, -0.15) is 0 Å². The summed E-state index contributed by atoms with van der Waals surface area (Å²) >= 11 is 0. The van der Waals surface area contributed by atoms with E-state index in [4.69, 9.17) is 5.11 Å². The number of H-pyrrole nitrogens is 1. The first-order chi connectivity index (χ1) is 11.9. The minimum atomic E-state index is -3.76. The van der Waals surface area contributed by atoms with Gasteiger partial charge in [0.15, 0.2) is 0 Å². The van der Waals surface area contributed by atoms with Crippen LogP contribution in [-0.2, 0) is 14.8 Å². The van der Waals surface area contributed by atoms with Gasteiger partial charge < -0.3 is 10.1 Å². The zero-order chi connectivity index (χ0) is 18.0. The lowest BCUT2D eigenvalue weighted by atomic mass is 10.1. The zero-order valence-corrected chi connectivity index (χ0v) is 13.8. The molecule has 0 radical (unpaired) electrons. The van der Waals surface area contributed by atoms with Crippen LogP contribution < -0.4 is 4.72 Å². The quantitative estimate of drug-likeness (QED) is 0.628. The minimum absolute atomic E-state index is 0.0486. The maximum atomic E-state index is 13.3. The second kappa shape index (κ2) is 6.66. The molecule has 130 valence electrons. The van der Waals surface area contributed by atoms with E-state index in [1.165, 1.54) is 24.3 Å². The third-order valence-electron chi connectivity index (χ3n) is 3.75. The molecule has 0 atom stereocenters. The number of aliphatic carboxylic acids is 1. The van der Waals surface area contributed by atoms with Crippen molar-refractivity contribution in [3.05, 3.63) is 54.5 Å². The third kappa shape index (κ3) is 3.70. The van der Waals surface area contributed by atoms with Gasteiger partial charge in [-0.1, -0.05) is 12.1 Å². The van der Waals surface area contributed by atoms with Gasteiger partial charge in [0.2, 0.25) is 10.0 Å². The highest BCUT2D eigenvalue weighted by Gasteiger charge is 2.15. The lowest BCUT2D eigenvalue weighted by molar-refractivity contribution is -0.136. The van der Waals surface area contributed by atoms with E-state index in [1.807, 2.05) is 0 Å². The van der Waals surface area contributed by atoms with Gasteiger partial charge in [-0.05, 0) is 35.9 Å². The number of benzene rings is 2. The van der Waals surface area contributed by atoms with Crippen molar-refractivity contribution in [3.63, 3.8) is 0 Å². The molecular weight excluding hydrogens is 347 g/mol. The van der Waals surface area contributed by atoms with Crippen molar-refractivity contribution in [2.24, 2.45) is 0 Å². The van der Waals surface area contributed by atoms with E-state index in [0.717, 1.165) is 16.5 Å². The van der Waals surface area contributed by atoms with Crippen molar-refractivity contribution in [3.8, 4) is 11.1 Å². The van der Waals surface area contributed by atoms with Gasteiger partial charge >= 0.3 is 5.97 Å². The molecule has 0 amide bonds. The Balaban J connectivity index is 1.85. The molecule has 8 heteroatoms. The van der Waals surface area contributed by atoms with E-state index < -0.39 is 16.0 Å². The molecule has 0 aliphatic carbocycles. The Kier molecular flexibility index (Phi) is 4.56. The Morgan fingerprint density at radius 1 is 1.16 bits per heavy atom. The topological polar surface area (TPSA) is 99.3 Å². The van der Waals surface area contributed by atoms with Crippen LogP contribution in [-0.4, -0.2) is 31.0 Å². The van der Waals surface area contributed by atoms with Crippen molar-refractivity contribution < 1.29 is 22.7 Å². The Hall–Kier alpha value is -2.71. The molecule has 0 spiro atoms. The summed E-state index contributed by atoms with van der Waals surface area (Å²) in [7, 11) is -3.76. The highest BCUT2D eigenvalue weighted by molar-refractivity contribution is 7.89. The molecule has 2 aromatic carbocycles. The second-order valence-electron chi connectivity index (χ2n) is 5.46. The summed E-state index contributed by atoms with van der Waals surface area (Å²) in [6, 6.07) is 10.6. The molecule has 1 aromatic heterocycles. The molecule has 0 aliphatic rings. The summed E-state index contributed by atoms with van der Waals surface area (Å²) in [4.78, 5) is 13.5. The number of aromatic nitrogens is 1. The monoisotopic (exact) mass is 362 g/mol. The third-order valence-corrected chi connectivity index (χ3v) is 5.23. The van der Waals surface area contributed by atoms with Crippen LogP contribution in [0.5, 0.6) is 0 Å². The van der Waals surface area contributed by atoms with E-state index >= 15 is 0 Å². The van der Waals surface area contributed by atoms with E-state index in [1.54, 1.807) is 24.4 Å². The molecule has 3 rings (SSSR count). The number of halogens is 1. The van der Waals surface area contributed by atoms with Gasteiger partial charge in [0, 0.05) is 29.2 Å². The van der Waals surface area contributed by atoms with E-state index in [2.05, 4.69) is 9.71 Å². The van der Waals surface area contributed by atoms with Crippen LogP contribution in [0.3, 0.4) is 0 Å². The fraction of sp³-hybridized carbons (Fsp3) is 0.118. The normalized spacial score (nSPS) is 11.7. The van der Waals surface area contributed by atoms with Crippen LogP contribution in [0.4, 0.5) is 4.39 Å². The van der Waals surface area contributed by atoms with Crippen LogP contribution in [0.15, 0.2) is 53.6 Å². The maximum Gasteiger partial charge on any atom is 0.304 e. The highest BCUT2D eigenvalue weighted by atomic mass is 32.2. The highest BCUT2D eigenvalue weighted by Crippen LogP contribution is 2.29. The predicted molar refractivity (Wildman–Crippen MR) is 91.1 cm³/mol. The number of carbonyl (C=O) groups is 1. The number of hydrogen-bond acceptors (Lipinski definition) is 3. The number of carboxylic acid groups (broad SMARTS) is 1. The average molecular weight is 362 g/mol. The number of carboxylic acids is 1. The Morgan fingerprint density at radius 2 is 1.88 bits per heavy atom. The molecule has 0 saturated heterocycles. The largest absolute Gasteiger partial charge is 0.481 e. The second-order valence-corrected chi connectivity index (χ2v) is 7.23. The Morgan fingerprint density at radius 3 is 2.56 bits per heavy atom. The Bertz CT molecular complexity index is 1030. The molecule has 0 unspecified atom stereocenters. The van der Waals surface area contributed by atoms with Crippen molar-refractivity contribution in [2.45, 2.75) is 11.3 Å². The number of fused-ring (bicyclic) bond motifs is 1. The molecule has 25 heavy (non-hydrogen) atoms. The molecular formula is C17H15FN2O4S. The number of nitrogens with one attached hydrogen (secondary N) is 2. The van der Waals surface area contributed by atoms with Crippen molar-refractivity contribution in [1.29, 1.82) is 0 Å². The molecule has 0 aliphatic heterocycles. The summed E-state index contributed by atoms with van der Waals surface area (Å²) in [5.41, 5.74) is 2.27. The fourth-order valence-electron chi connectivity index (χ4n) is 2.53. The number of sulfonamides is 1. The Labute approximate surface area is 143 Å². The van der Waals surface area contributed by atoms with Crippen LogP contribution in [0.25, 0.3) is 22.0 Å². The summed E-state index contributed by atoms with van der Waals surface area (Å²) < 4.78 is 39.7. The van der Waals surface area contributed by atoms with Crippen molar-refractivity contribution in [1.82, 2.24) is 9.71 Å². The van der Waals surface area contributed by atoms with Gasteiger partial charge in [-0.25, -0.2) is 17.5 Å². The summed E-state index contributed by atoms with van der Waals surface area (Å²) in [5.74, 6) is -1.41. The zero-order valence-electron chi connectivity index (χ0n) is 13.0. The first-order valence-corrected chi connectivity index (χ1v) is 8.94. The van der Waals surface area contributed by atoms with Gasteiger partial charge in [0.05, 0.1) is 11.3 Å². The van der Waals surface area contributed by atoms with E-state index in [9.17, 15) is 17.6 Å². The van der Waals surface area contributed by atoms with Crippen LogP contribution in [0, 0.1) is 5.82 Å². The first-order valence-electron chi connectivity index (χ1n) is 7.45. The first kappa shape index (κ1) is 17.1. The summed E-state index contributed by atoms with van der Waals surface area (Å²) in [6.45, 7) is -0.173. The SMILES string of the molecule is O=C(O)CCNS(=O)(=O)c1ccc(-c2c[nH]c3cc(F)ccc23)cc1. The van der Waals surface area contributed by atoms with Gasteiger partial charge in [0.25, 0.3) is 0 Å². The molecule has 3 aromatic rings. The molecule has 3 N–H and O–H groups in total. The predicted octanol–water partition coefficient (Wildman–Crippen LogP) is 2.73. The maximum absolute atomic E-state index is 13.3. The van der Waals surface area contributed by atoms with E-state index in [-0.39, 0.29) is 23.7 Å². The van der Waals surface area contributed by atoms with Crippen molar-refractivity contribution >= 4 is 26.9 Å². The summed E-state index contributed by atoms with van der Waals surface area (Å²) in [6.07, 6.45) is 1.45.